The van der Waals surface area contributed by atoms with Gasteiger partial charge in [0.2, 0.25) is 5.91 Å². The second-order valence-electron chi connectivity index (χ2n) is 5.32. The number of rotatable bonds is 7. The molecule has 0 spiro atoms. The van der Waals surface area contributed by atoms with Crippen molar-refractivity contribution in [2.24, 2.45) is 5.73 Å². The van der Waals surface area contributed by atoms with Crippen molar-refractivity contribution in [3.8, 4) is 0 Å². The highest BCUT2D eigenvalue weighted by atomic mass is 16.1. The summed E-state index contributed by atoms with van der Waals surface area (Å²) in [5.74, 6) is -0.286. The van der Waals surface area contributed by atoms with E-state index < -0.39 is 0 Å². The zero-order chi connectivity index (χ0) is 14.4. The molecule has 1 amide bonds. The monoisotopic (exact) mass is 263 g/mol. The molecule has 0 fully saturated rings. The number of hydrogen-bond donors (Lipinski definition) is 2. The SMILES string of the molecule is Cc1ccc(N(C)CCC(NC(C)C)C(N)=O)cc1. The number of hydrogen-bond acceptors (Lipinski definition) is 3. The molecule has 0 aliphatic rings. The van der Waals surface area contributed by atoms with E-state index in [-0.39, 0.29) is 18.0 Å². The smallest absolute Gasteiger partial charge is 0.234 e. The van der Waals surface area contributed by atoms with Gasteiger partial charge in [0.1, 0.15) is 0 Å². The molecule has 4 heteroatoms. The van der Waals surface area contributed by atoms with Crippen molar-refractivity contribution in [3.05, 3.63) is 29.8 Å². The Hall–Kier alpha value is -1.55. The van der Waals surface area contributed by atoms with E-state index in [4.69, 9.17) is 5.73 Å². The van der Waals surface area contributed by atoms with Crippen LogP contribution in [-0.2, 0) is 4.79 Å². The van der Waals surface area contributed by atoms with Crippen LogP contribution >= 0.6 is 0 Å². The van der Waals surface area contributed by atoms with Gasteiger partial charge in [0, 0.05) is 25.3 Å². The number of carbonyl (C=O) groups excluding carboxylic acids is 1. The second-order valence-corrected chi connectivity index (χ2v) is 5.32. The number of nitrogens with one attached hydrogen (secondary N) is 1. The van der Waals surface area contributed by atoms with E-state index >= 15 is 0 Å². The fourth-order valence-corrected chi connectivity index (χ4v) is 1.96. The van der Waals surface area contributed by atoms with Gasteiger partial charge < -0.3 is 16.0 Å². The van der Waals surface area contributed by atoms with Crippen LogP contribution in [0, 0.1) is 6.92 Å². The predicted molar refractivity (Wildman–Crippen MR) is 80.3 cm³/mol. The van der Waals surface area contributed by atoms with E-state index in [9.17, 15) is 4.79 Å². The summed E-state index contributed by atoms with van der Waals surface area (Å²) in [7, 11) is 2.03. The predicted octanol–water partition coefficient (Wildman–Crippen LogP) is 1.67. The van der Waals surface area contributed by atoms with E-state index in [1.165, 1.54) is 5.56 Å². The van der Waals surface area contributed by atoms with Crippen LogP contribution in [0.15, 0.2) is 24.3 Å². The van der Waals surface area contributed by atoms with E-state index in [0.29, 0.717) is 6.42 Å². The first-order valence-electron chi connectivity index (χ1n) is 6.73. The van der Waals surface area contributed by atoms with E-state index in [2.05, 4.69) is 41.4 Å². The second kappa shape index (κ2) is 7.14. The van der Waals surface area contributed by atoms with Crippen molar-refractivity contribution in [1.29, 1.82) is 0 Å². The van der Waals surface area contributed by atoms with Crippen LogP contribution in [0.5, 0.6) is 0 Å². The van der Waals surface area contributed by atoms with Crippen molar-refractivity contribution in [3.63, 3.8) is 0 Å². The lowest BCUT2D eigenvalue weighted by Crippen LogP contribution is -2.46. The number of aryl methyl sites for hydroxylation is 1. The normalized spacial score (nSPS) is 12.5. The Bertz CT molecular complexity index is 400. The zero-order valence-electron chi connectivity index (χ0n) is 12.3. The molecule has 0 radical (unpaired) electrons. The highest BCUT2D eigenvalue weighted by Gasteiger charge is 2.16. The molecule has 1 atom stereocenters. The van der Waals surface area contributed by atoms with Gasteiger partial charge in [-0.1, -0.05) is 31.5 Å². The van der Waals surface area contributed by atoms with Crippen molar-refractivity contribution in [2.75, 3.05) is 18.5 Å². The molecule has 1 unspecified atom stereocenters. The molecule has 0 aromatic heterocycles. The van der Waals surface area contributed by atoms with Gasteiger partial charge >= 0.3 is 0 Å². The molecule has 4 nitrogen and oxygen atoms in total. The van der Waals surface area contributed by atoms with Crippen LogP contribution in [0.4, 0.5) is 5.69 Å². The van der Waals surface area contributed by atoms with Crippen molar-refractivity contribution < 1.29 is 4.79 Å². The number of nitrogens with zero attached hydrogens (tertiary/aromatic N) is 1. The summed E-state index contributed by atoms with van der Waals surface area (Å²) in [5.41, 5.74) is 7.81. The van der Waals surface area contributed by atoms with Crippen LogP contribution in [0.1, 0.15) is 25.8 Å². The minimum Gasteiger partial charge on any atom is -0.375 e. The molecule has 19 heavy (non-hydrogen) atoms. The Morgan fingerprint density at radius 1 is 1.32 bits per heavy atom. The third-order valence-electron chi connectivity index (χ3n) is 3.11. The number of benzene rings is 1. The summed E-state index contributed by atoms with van der Waals surface area (Å²) in [5, 5.41) is 3.19. The van der Waals surface area contributed by atoms with Gasteiger partial charge in [0.15, 0.2) is 0 Å². The summed E-state index contributed by atoms with van der Waals surface area (Å²) in [6, 6.07) is 8.33. The Morgan fingerprint density at radius 3 is 2.37 bits per heavy atom. The van der Waals surface area contributed by atoms with Gasteiger partial charge in [-0.2, -0.15) is 0 Å². The molecule has 0 aliphatic carbocycles. The van der Waals surface area contributed by atoms with Gasteiger partial charge in [0.25, 0.3) is 0 Å². The topological polar surface area (TPSA) is 58.4 Å². The molecule has 3 N–H and O–H groups in total. The molecule has 0 aliphatic heterocycles. The molecular formula is C15H25N3O. The molecule has 0 heterocycles. The fraction of sp³-hybridized carbons (Fsp3) is 0.533. The maximum Gasteiger partial charge on any atom is 0.234 e. The molecule has 1 aromatic rings. The summed E-state index contributed by atoms with van der Waals surface area (Å²) in [6.45, 7) is 6.88. The third kappa shape index (κ3) is 5.30. The third-order valence-corrected chi connectivity index (χ3v) is 3.11. The minimum atomic E-state index is -0.286. The van der Waals surface area contributed by atoms with Gasteiger partial charge in [-0.25, -0.2) is 0 Å². The molecule has 106 valence electrons. The van der Waals surface area contributed by atoms with Gasteiger partial charge in [-0.3, -0.25) is 4.79 Å². The molecular weight excluding hydrogens is 238 g/mol. The van der Waals surface area contributed by atoms with Crippen LogP contribution in [0.25, 0.3) is 0 Å². The van der Waals surface area contributed by atoms with Crippen molar-refractivity contribution in [2.45, 2.75) is 39.3 Å². The van der Waals surface area contributed by atoms with Crippen LogP contribution < -0.4 is 16.0 Å². The Labute approximate surface area is 116 Å². The Kier molecular flexibility index (Phi) is 5.83. The molecule has 1 aromatic carbocycles. The first-order valence-corrected chi connectivity index (χ1v) is 6.73. The standard InChI is InChI=1S/C15H25N3O/c1-11(2)17-14(15(16)19)9-10-18(4)13-7-5-12(3)6-8-13/h5-8,11,14,17H,9-10H2,1-4H3,(H2,16,19). The quantitative estimate of drug-likeness (QED) is 0.787. The average Bonchev–Trinajstić information content (AvgIpc) is 2.34. The molecule has 0 saturated carbocycles. The maximum absolute atomic E-state index is 11.4. The van der Waals surface area contributed by atoms with Crippen LogP contribution in [0.2, 0.25) is 0 Å². The number of nitrogens with two attached hydrogens (primary N) is 1. The summed E-state index contributed by atoms with van der Waals surface area (Å²) < 4.78 is 0. The first-order chi connectivity index (χ1) is 8.90. The first kappa shape index (κ1) is 15.5. The van der Waals surface area contributed by atoms with Crippen molar-refractivity contribution in [1.82, 2.24) is 5.32 Å². The van der Waals surface area contributed by atoms with Gasteiger partial charge in [0.05, 0.1) is 6.04 Å². The highest BCUT2D eigenvalue weighted by molar-refractivity contribution is 5.79. The summed E-state index contributed by atoms with van der Waals surface area (Å²) in [4.78, 5) is 13.5. The number of carbonyl (C=O) groups is 1. The average molecular weight is 263 g/mol. The summed E-state index contributed by atoms with van der Waals surface area (Å²) >= 11 is 0. The molecule has 0 bridgehead atoms. The van der Waals surface area contributed by atoms with Crippen LogP contribution in [-0.4, -0.2) is 31.6 Å². The van der Waals surface area contributed by atoms with Gasteiger partial charge in [-0.05, 0) is 25.5 Å². The lowest BCUT2D eigenvalue weighted by Gasteiger charge is -2.23. The fourth-order valence-electron chi connectivity index (χ4n) is 1.96. The van der Waals surface area contributed by atoms with E-state index in [0.717, 1.165) is 12.2 Å². The lowest BCUT2D eigenvalue weighted by molar-refractivity contribution is -0.120. The largest absolute Gasteiger partial charge is 0.375 e. The Balaban J connectivity index is 2.54. The molecule has 1 rings (SSSR count). The van der Waals surface area contributed by atoms with Crippen molar-refractivity contribution >= 4 is 11.6 Å². The lowest BCUT2D eigenvalue weighted by atomic mass is 10.1. The van der Waals surface area contributed by atoms with E-state index in [1.807, 2.05) is 20.9 Å². The number of primary amides is 1. The van der Waals surface area contributed by atoms with E-state index in [1.54, 1.807) is 0 Å². The summed E-state index contributed by atoms with van der Waals surface area (Å²) in [6.07, 6.45) is 0.706. The minimum absolute atomic E-state index is 0.252. The Morgan fingerprint density at radius 2 is 1.89 bits per heavy atom. The molecule has 0 saturated heterocycles. The zero-order valence-corrected chi connectivity index (χ0v) is 12.3. The number of amides is 1. The van der Waals surface area contributed by atoms with Gasteiger partial charge in [-0.15, -0.1) is 0 Å². The highest BCUT2D eigenvalue weighted by Crippen LogP contribution is 2.13. The van der Waals surface area contributed by atoms with Crippen LogP contribution in [0.3, 0.4) is 0 Å². The maximum atomic E-state index is 11.4. The number of anilines is 1.